The predicted molar refractivity (Wildman–Crippen MR) is 92.7 cm³/mol. The molecule has 0 saturated heterocycles. The Bertz CT molecular complexity index is 1110. The van der Waals surface area contributed by atoms with Gasteiger partial charge >= 0.3 is 0 Å². The number of nitrogens with two attached hydrogens (primary N) is 4. The molecular formula is C16H13N5O7. The third kappa shape index (κ3) is 2.89. The van der Waals surface area contributed by atoms with E-state index < -0.39 is 68.3 Å². The first-order chi connectivity index (χ1) is 13.1. The van der Waals surface area contributed by atoms with Crippen LogP contribution >= 0.6 is 0 Å². The summed E-state index contributed by atoms with van der Waals surface area (Å²) in [5.74, 6) is -6.30. The predicted octanol–water partition coefficient (Wildman–Crippen LogP) is -1.83. The molecule has 0 bridgehead atoms. The minimum atomic E-state index is -1.33. The fourth-order valence-corrected chi connectivity index (χ4v) is 2.98. The number of hydrogen-bond donors (Lipinski definition) is 6. The molecule has 0 fully saturated rings. The number of benzene rings is 2. The minimum Gasteiger partial charge on any atom is -0.366 e. The largest absolute Gasteiger partial charge is 0.366 e. The molecular weight excluding hydrogens is 374 g/mol. The van der Waals surface area contributed by atoms with E-state index in [2.05, 4.69) is 0 Å². The Hall–Kier alpha value is -4.32. The number of carbonyl (C=O) groups excluding carboxylic acids is 6. The summed E-state index contributed by atoms with van der Waals surface area (Å²) in [6, 6.07) is 2.08. The van der Waals surface area contributed by atoms with Gasteiger partial charge in [0.25, 0.3) is 5.91 Å². The number of fused-ring (bicyclic) bond motifs is 1. The molecule has 0 radical (unpaired) electrons. The van der Waals surface area contributed by atoms with E-state index in [1.54, 1.807) is 0 Å². The number of amides is 5. The molecule has 12 nitrogen and oxygen atoms in total. The summed E-state index contributed by atoms with van der Waals surface area (Å²) in [6.07, 6.45) is 0.0693. The second-order valence-electron chi connectivity index (χ2n) is 5.47. The highest BCUT2D eigenvalue weighted by Crippen LogP contribution is 2.34. The normalized spacial score (nSPS) is 10.3. The molecule has 0 unspecified atom stereocenters. The molecule has 10 N–H and O–H groups in total. The van der Waals surface area contributed by atoms with Crippen LogP contribution in [0.3, 0.4) is 0 Å². The molecule has 0 spiro atoms. The molecule has 0 aromatic heterocycles. The van der Waals surface area contributed by atoms with Gasteiger partial charge in [0, 0.05) is 10.9 Å². The van der Waals surface area contributed by atoms with Gasteiger partial charge in [0.15, 0.2) is 6.29 Å². The van der Waals surface area contributed by atoms with Crippen LogP contribution in [0.2, 0.25) is 0 Å². The maximum Gasteiger partial charge on any atom is 0.276 e. The van der Waals surface area contributed by atoms with Crippen molar-refractivity contribution in [3.63, 3.8) is 0 Å². The van der Waals surface area contributed by atoms with E-state index in [9.17, 15) is 28.8 Å². The van der Waals surface area contributed by atoms with Crippen LogP contribution in [0.5, 0.6) is 0 Å². The van der Waals surface area contributed by atoms with Crippen molar-refractivity contribution in [2.75, 3.05) is 0 Å². The molecule has 2 aromatic carbocycles. The van der Waals surface area contributed by atoms with E-state index in [1.165, 1.54) is 5.48 Å². The summed E-state index contributed by atoms with van der Waals surface area (Å²) in [5, 5.41) is 8.26. The third-order valence-corrected chi connectivity index (χ3v) is 3.96. The Balaban J connectivity index is 3.43. The topological polar surface area (TPSA) is 239 Å². The monoisotopic (exact) mass is 387 g/mol. The minimum absolute atomic E-state index is 0.0693. The van der Waals surface area contributed by atoms with Gasteiger partial charge in [-0.05, 0) is 11.5 Å². The summed E-state index contributed by atoms with van der Waals surface area (Å²) in [4.78, 5) is 71.6. The van der Waals surface area contributed by atoms with Crippen molar-refractivity contribution < 1.29 is 34.0 Å². The highest BCUT2D eigenvalue weighted by Gasteiger charge is 2.31. The Kier molecular flexibility index (Phi) is 5.09. The van der Waals surface area contributed by atoms with Crippen molar-refractivity contribution in [3.8, 4) is 0 Å². The molecule has 2 rings (SSSR count). The third-order valence-electron chi connectivity index (χ3n) is 3.96. The van der Waals surface area contributed by atoms with Crippen molar-refractivity contribution in [2.45, 2.75) is 0 Å². The van der Waals surface area contributed by atoms with Crippen LogP contribution in [0.4, 0.5) is 0 Å². The molecule has 0 heterocycles. The van der Waals surface area contributed by atoms with Crippen LogP contribution in [0.1, 0.15) is 62.1 Å². The first kappa shape index (κ1) is 20.0. The fourth-order valence-electron chi connectivity index (χ4n) is 2.98. The lowest BCUT2D eigenvalue weighted by Gasteiger charge is -2.18. The van der Waals surface area contributed by atoms with E-state index in [-0.39, 0.29) is 11.7 Å². The second kappa shape index (κ2) is 7.13. The lowest BCUT2D eigenvalue weighted by atomic mass is 9.84. The van der Waals surface area contributed by atoms with Gasteiger partial charge in [-0.3, -0.25) is 34.0 Å². The Labute approximate surface area is 155 Å². The highest BCUT2D eigenvalue weighted by molar-refractivity contribution is 6.28. The summed E-state index contributed by atoms with van der Waals surface area (Å²) in [5.41, 5.74) is 18.5. The van der Waals surface area contributed by atoms with Gasteiger partial charge < -0.3 is 22.9 Å². The highest BCUT2D eigenvalue weighted by atomic mass is 16.5. The maximum absolute atomic E-state index is 12.2. The lowest BCUT2D eigenvalue weighted by Crippen LogP contribution is -2.29. The number of rotatable bonds is 6. The smallest absolute Gasteiger partial charge is 0.276 e. The number of aldehydes is 1. The van der Waals surface area contributed by atoms with Crippen LogP contribution < -0.4 is 28.4 Å². The van der Waals surface area contributed by atoms with Gasteiger partial charge in [-0.2, -0.15) is 0 Å². The number of hydrogen-bond acceptors (Lipinski definition) is 7. The standard InChI is InChI=1S/C16H13N5O7/c17-12(23)5-2-1-4-7(13(18)24)6(3-22)9(14(19)25)11(15(20)26)8(4)10(5)16(27)21-28/h1-3,28H,(H2,17,23)(H2,18,24)(H2,19,25)(H2,20,26)(H,21,27). The number of primary amides is 4. The number of carbonyl (C=O) groups is 6. The quantitative estimate of drug-likeness (QED) is 0.188. The van der Waals surface area contributed by atoms with Crippen molar-refractivity contribution in [1.82, 2.24) is 5.48 Å². The molecule has 12 heteroatoms. The molecule has 0 saturated carbocycles. The number of hydroxylamine groups is 1. The Morgan fingerprint density at radius 2 is 1.32 bits per heavy atom. The molecule has 2 aromatic rings. The Morgan fingerprint density at radius 1 is 0.786 bits per heavy atom. The van der Waals surface area contributed by atoms with E-state index in [0.717, 1.165) is 12.1 Å². The van der Waals surface area contributed by atoms with Gasteiger partial charge in [-0.1, -0.05) is 6.07 Å². The Morgan fingerprint density at radius 3 is 1.71 bits per heavy atom. The van der Waals surface area contributed by atoms with Crippen molar-refractivity contribution in [1.29, 1.82) is 0 Å². The maximum atomic E-state index is 12.2. The molecule has 0 aliphatic carbocycles. The van der Waals surface area contributed by atoms with Crippen LogP contribution in [-0.4, -0.2) is 41.0 Å². The van der Waals surface area contributed by atoms with Crippen molar-refractivity contribution in [3.05, 3.63) is 45.5 Å². The van der Waals surface area contributed by atoms with Crippen LogP contribution in [0.15, 0.2) is 12.1 Å². The van der Waals surface area contributed by atoms with Crippen LogP contribution in [-0.2, 0) is 0 Å². The fraction of sp³-hybridized carbons (Fsp3) is 0. The SMILES string of the molecule is NC(=O)c1ccc2c(C(N)=O)c(C=O)c(C(N)=O)c(C(N)=O)c2c1C(=O)NO. The molecule has 0 aliphatic heterocycles. The summed E-state index contributed by atoms with van der Waals surface area (Å²) in [6.45, 7) is 0. The van der Waals surface area contributed by atoms with Crippen LogP contribution in [0.25, 0.3) is 10.8 Å². The first-order valence-corrected chi connectivity index (χ1v) is 7.33. The zero-order valence-electron chi connectivity index (χ0n) is 13.9. The van der Waals surface area contributed by atoms with Gasteiger partial charge in [0.1, 0.15) is 0 Å². The molecule has 0 atom stereocenters. The van der Waals surface area contributed by atoms with Gasteiger partial charge in [0.2, 0.25) is 23.6 Å². The van der Waals surface area contributed by atoms with E-state index >= 15 is 0 Å². The second-order valence-corrected chi connectivity index (χ2v) is 5.47. The lowest BCUT2D eigenvalue weighted by molar-refractivity contribution is 0.0704. The van der Waals surface area contributed by atoms with Gasteiger partial charge in [-0.25, -0.2) is 5.48 Å². The molecule has 28 heavy (non-hydrogen) atoms. The molecule has 144 valence electrons. The zero-order chi connectivity index (χ0) is 21.3. The van der Waals surface area contributed by atoms with Crippen molar-refractivity contribution in [2.24, 2.45) is 22.9 Å². The van der Waals surface area contributed by atoms with Crippen molar-refractivity contribution >= 4 is 46.6 Å². The van der Waals surface area contributed by atoms with E-state index in [1.807, 2.05) is 0 Å². The van der Waals surface area contributed by atoms with Gasteiger partial charge in [0.05, 0.1) is 27.8 Å². The molecule has 0 aliphatic rings. The first-order valence-electron chi connectivity index (χ1n) is 7.33. The average Bonchev–Trinajstić information content (AvgIpc) is 2.63. The van der Waals surface area contributed by atoms with Gasteiger partial charge in [-0.15, -0.1) is 0 Å². The van der Waals surface area contributed by atoms with E-state index in [4.69, 9.17) is 28.1 Å². The summed E-state index contributed by atoms with van der Waals surface area (Å²) < 4.78 is 0. The van der Waals surface area contributed by atoms with Crippen LogP contribution in [0, 0.1) is 0 Å². The van der Waals surface area contributed by atoms with E-state index in [0.29, 0.717) is 0 Å². The summed E-state index contributed by atoms with van der Waals surface area (Å²) in [7, 11) is 0. The average molecular weight is 387 g/mol. The number of nitrogens with one attached hydrogen (secondary N) is 1. The molecule has 5 amide bonds. The zero-order valence-corrected chi connectivity index (χ0v) is 13.9. The summed E-state index contributed by atoms with van der Waals surface area (Å²) >= 11 is 0.